The second-order valence-corrected chi connectivity index (χ2v) is 5.30. The van der Waals surface area contributed by atoms with Crippen LogP contribution in [-0.2, 0) is 6.42 Å². The van der Waals surface area contributed by atoms with Crippen LogP contribution in [0.25, 0.3) is 0 Å². The normalized spacial score (nSPS) is 18.2. The highest BCUT2D eigenvalue weighted by Gasteiger charge is 2.28. The van der Waals surface area contributed by atoms with Crippen molar-refractivity contribution in [3.63, 3.8) is 0 Å². The minimum absolute atomic E-state index is 0.0732. The number of hydrogen-bond donors (Lipinski definition) is 2. The van der Waals surface area contributed by atoms with Crippen LogP contribution in [0.3, 0.4) is 0 Å². The van der Waals surface area contributed by atoms with Crippen LogP contribution in [0.5, 0.6) is 0 Å². The highest BCUT2D eigenvalue weighted by atomic mass is 16.1. The summed E-state index contributed by atoms with van der Waals surface area (Å²) in [5, 5.41) is 3.31. The third-order valence-electron chi connectivity index (χ3n) is 3.63. The van der Waals surface area contributed by atoms with Gasteiger partial charge in [0.05, 0.1) is 0 Å². The number of hydrogen-bond acceptors (Lipinski definition) is 3. The van der Waals surface area contributed by atoms with Gasteiger partial charge < -0.3 is 10.3 Å². The monoisotopic (exact) mass is 235 g/mol. The van der Waals surface area contributed by atoms with Crippen molar-refractivity contribution in [3.05, 3.63) is 22.2 Å². The first-order valence-corrected chi connectivity index (χ1v) is 6.45. The van der Waals surface area contributed by atoms with Crippen LogP contribution in [0.4, 0.5) is 5.82 Å². The van der Waals surface area contributed by atoms with Gasteiger partial charge in [0.25, 0.3) is 5.56 Å². The number of aromatic nitrogens is 2. The van der Waals surface area contributed by atoms with Gasteiger partial charge >= 0.3 is 0 Å². The van der Waals surface area contributed by atoms with E-state index < -0.39 is 0 Å². The molecule has 1 heterocycles. The van der Waals surface area contributed by atoms with Gasteiger partial charge in [0.15, 0.2) is 0 Å². The molecule has 4 nitrogen and oxygen atoms in total. The molecule has 0 spiro atoms. The first-order chi connectivity index (χ1) is 8.11. The first kappa shape index (κ1) is 12.1. The molecule has 17 heavy (non-hydrogen) atoms. The van der Waals surface area contributed by atoms with Gasteiger partial charge in [-0.05, 0) is 18.3 Å². The zero-order valence-electron chi connectivity index (χ0n) is 10.7. The molecule has 2 rings (SSSR count). The topological polar surface area (TPSA) is 57.8 Å². The van der Waals surface area contributed by atoms with Crippen LogP contribution >= 0.6 is 0 Å². The van der Waals surface area contributed by atoms with Crippen molar-refractivity contribution in [3.8, 4) is 0 Å². The van der Waals surface area contributed by atoms with Gasteiger partial charge in [-0.25, -0.2) is 4.98 Å². The van der Waals surface area contributed by atoms with E-state index in [-0.39, 0.29) is 5.56 Å². The third-order valence-corrected chi connectivity index (χ3v) is 3.63. The summed E-state index contributed by atoms with van der Waals surface area (Å²) in [6.45, 7) is 5.20. The van der Waals surface area contributed by atoms with E-state index in [9.17, 15) is 4.79 Å². The summed E-state index contributed by atoms with van der Waals surface area (Å²) in [7, 11) is 0. The lowest BCUT2D eigenvalue weighted by atomic mass is 9.89. The van der Waals surface area contributed by atoms with E-state index in [4.69, 9.17) is 0 Å². The molecule has 1 saturated carbocycles. The van der Waals surface area contributed by atoms with Crippen molar-refractivity contribution in [2.75, 3.05) is 11.9 Å². The van der Waals surface area contributed by atoms with Crippen molar-refractivity contribution in [2.24, 2.45) is 5.41 Å². The summed E-state index contributed by atoms with van der Waals surface area (Å²) in [5.74, 6) is 1.45. The van der Waals surface area contributed by atoms with E-state index in [0.29, 0.717) is 11.2 Å². The van der Waals surface area contributed by atoms with Gasteiger partial charge in [0.2, 0.25) is 0 Å². The second-order valence-electron chi connectivity index (χ2n) is 5.30. The lowest BCUT2D eigenvalue weighted by molar-refractivity contribution is 0.361. The Morgan fingerprint density at radius 1 is 1.47 bits per heavy atom. The summed E-state index contributed by atoms with van der Waals surface area (Å²) < 4.78 is 0. The molecule has 1 aliphatic carbocycles. The van der Waals surface area contributed by atoms with Crippen LogP contribution < -0.4 is 10.9 Å². The highest BCUT2D eigenvalue weighted by Crippen LogP contribution is 2.37. The van der Waals surface area contributed by atoms with Crippen molar-refractivity contribution in [2.45, 2.75) is 46.0 Å². The standard InChI is InChI=1S/C13H21N3O/c1-3-10-15-11(8-12(17)16-10)14-9-13(2)6-4-5-7-13/h8H,3-7,9H2,1-2H3,(H2,14,15,16,17). The highest BCUT2D eigenvalue weighted by molar-refractivity contribution is 5.33. The van der Waals surface area contributed by atoms with E-state index in [0.717, 1.165) is 18.8 Å². The Balaban J connectivity index is 2.03. The molecule has 1 aromatic heterocycles. The third kappa shape index (κ3) is 3.08. The average Bonchev–Trinajstić information content (AvgIpc) is 2.73. The predicted molar refractivity (Wildman–Crippen MR) is 69.3 cm³/mol. The molecule has 0 bridgehead atoms. The summed E-state index contributed by atoms with van der Waals surface area (Å²) in [6.07, 6.45) is 5.93. The molecule has 0 atom stereocenters. The minimum Gasteiger partial charge on any atom is -0.369 e. The van der Waals surface area contributed by atoms with Crippen molar-refractivity contribution >= 4 is 5.82 Å². The molecule has 94 valence electrons. The number of rotatable bonds is 4. The van der Waals surface area contributed by atoms with Crippen LogP contribution in [0, 0.1) is 5.41 Å². The minimum atomic E-state index is -0.0732. The summed E-state index contributed by atoms with van der Waals surface area (Å²) in [6, 6.07) is 1.54. The largest absolute Gasteiger partial charge is 0.369 e. The fraction of sp³-hybridized carbons (Fsp3) is 0.692. The van der Waals surface area contributed by atoms with Crippen LogP contribution in [0.2, 0.25) is 0 Å². The number of anilines is 1. The molecule has 2 N–H and O–H groups in total. The summed E-state index contributed by atoms with van der Waals surface area (Å²) >= 11 is 0. The van der Waals surface area contributed by atoms with E-state index in [2.05, 4.69) is 22.2 Å². The average molecular weight is 235 g/mol. The molecule has 0 aromatic carbocycles. The lowest BCUT2D eigenvalue weighted by Gasteiger charge is -2.23. The number of nitrogens with zero attached hydrogens (tertiary/aromatic N) is 1. The maximum absolute atomic E-state index is 11.4. The molecule has 1 aliphatic rings. The smallest absolute Gasteiger partial charge is 0.252 e. The lowest BCUT2D eigenvalue weighted by Crippen LogP contribution is -2.24. The van der Waals surface area contributed by atoms with Crippen LogP contribution in [-0.4, -0.2) is 16.5 Å². The molecule has 0 radical (unpaired) electrons. The zero-order chi connectivity index (χ0) is 12.3. The number of aryl methyl sites for hydroxylation is 1. The fourth-order valence-corrected chi connectivity index (χ4v) is 2.48. The van der Waals surface area contributed by atoms with Gasteiger partial charge in [-0.1, -0.05) is 26.7 Å². The van der Waals surface area contributed by atoms with Gasteiger partial charge in [0.1, 0.15) is 11.6 Å². The Morgan fingerprint density at radius 2 is 2.18 bits per heavy atom. The molecular weight excluding hydrogens is 214 g/mol. The van der Waals surface area contributed by atoms with Gasteiger partial charge in [-0.3, -0.25) is 4.79 Å². The van der Waals surface area contributed by atoms with Gasteiger partial charge in [-0.15, -0.1) is 0 Å². The molecule has 4 heteroatoms. The Morgan fingerprint density at radius 3 is 2.82 bits per heavy atom. The van der Waals surface area contributed by atoms with Crippen molar-refractivity contribution in [1.82, 2.24) is 9.97 Å². The molecule has 0 aliphatic heterocycles. The maximum atomic E-state index is 11.4. The van der Waals surface area contributed by atoms with E-state index in [1.54, 1.807) is 0 Å². The molecule has 0 amide bonds. The van der Waals surface area contributed by atoms with Gasteiger partial charge in [-0.2, -0.15) is 0 Å². The molecule has 1 aromatic rings. The molecule has 1 fully saturated rings. The first-order valence-electron chi connectivity index (χ1n) is 6.45. The summed E-state index contributed by atoms with van der Waals surface area (Å²) in [5.41, 5.74) is 0.298. The Bertz CT molecular complexity index is 433. The number of aromatic amines is 1. The Hall–Kier alpha value is -1.32. The fourth-order valence-electron chi connectivity index (χ4n) is 2.48. The van der Waals surface area contributed by atoms with Crippen molar-refractivity contribution < 1.29 is 0 Å². The predicted octanol–water partition coefficient (Wildman–Crippen LogP) is 2.32. The summed E-state index contributed by atoms with van der Waals surface area (Å²) in [4.78, 5) is 18.5. The van der Waals surface area contributed by atoms with E-state index in [1.807, 2.05) is 6.92 Å². The molecule has 0 saturated heterocycles. The van der Waals surface area contributed by atoms with E-state index in [1.165, 1.54) is 31.7 Å². The maximum Gasteiger partial charge on any atom is 0.252 e. The van der Waals surface area contributed by atoms with Gasteiger partial charge in [0, 0.05) is 19.0 Å². The Labute approximate surface area is 102 Å². The second kappa shape index (κ2) is 4.90. The zero-order valence-corrected chi connectivity index (χ0v) is 10.7. The molecular formula is C13H21N3O. The van der Waals surface area contributed by atoms with E-state index >= 15 is 0 Å². The number of H-pyrrole nitrogens is 1. The number of nitrogens with one attached hydrogen (secondary N) is 2. The van der Waals surface area contributed by atoms with Crippen LogP contribution in [0.15, 0.2) is 10.9 Å². The Kier molecular flexibility index (Phi) is 3.50. The van der Waals surface area contributed by atoms with Crippen LogP contribution in [0.1, 0.15) is 45.4 Å². The van der Waals surface area contributed by atoms with Crippen molar-refractivity contribution in [1.29, 1.82) is 0 Å². The SMILES string of the molecule is CCc1nc(NCC2(C)CCCC2)cc(=O)[nH]1. The molecule has 0 unspecified atom stereocenters. The quantitative estimate of drug-likeness (QED) is 0.842.